The first-order valence-electron chi connectivity index (χ1n) is 2.49. The van der Waals surface area contributed by atoms with Crippen molar-refractivity contribution in [2.24, 2.45) is 4.99 Å². The van der Waals surface area contributed by atoms with Crippen molar-refractivity contribution in [1.82, 2.24) is 0 Å². The summed E-state index contributed by atoms with van der Waals surface area (Å²) in [5, 5.41) is 2.03. The fraction of sp³-hybridized carbons (Fsp3) is 0.167. The lowest BCUT2D eigenvalue weighted by atomic mass is 10.5. The Bertz CT molecular complexity index is 217. The van der Waals surface area contributed by atoms with Crippen molar-refractivity contribution in [2.45, 2.75) is 0 Å². The summed E-state index contributed by atoms with van der Waals surface area (Å²) in [5.41, 5.74) is 0. The summed E-state index contributed by atoms with van der Waals surface area (Å²) in [6.07, 6.45) is 1.84. The van der Waals surface area contributed by atoms with E-state index in [-0.39, 0.29) is 0 Å². The zero-order valence-corrected chi connectivity index (χ0v) is 7.37. The summed E-state index contributed by atoms with van der Waals surface area (Å²) in [6.45, 7) is 0. The van der Waals surface area contributed by atoms with Gasteiger partial charge in [-0.05, 0) is 27.4 Å². The molecule has 1 aromatic heterocycles. The number of hydrogen-bond donors (Lipinski definition) is 0. The van der Waals surface area contributed by atoms with Crippen LogP contribution >= 0.6 is 27.3 Å². The molecule has 0 bridgehead atoms. The van der Waals surface area contributed by atoms with E-state index in [2.05, 4.69) is 20.9 Å². The molecule has 0 fully saturated rings. The molecule has 48 valence electrons. The summed E-state index contributed by atoms with van der Waals surface area (Å²) < 4.78 is 1.12. The SMILES string of the molecule is C/N=C/c1sccc1Br. The zero-order valence-electron chi connectivity index (χ0n) is 4.97. The molecule has 0 N–H and O–H groups in total. The summed E-state index contributed by atoms with van der Waals surface area (Å²) in [5.74, 6) is 0. The van der Waals surface area contributed by atoms with Gasteiger partial charge in [0.25, 0.3) is 0 Å². The maximum absolute atomic E-state index is 3.89. The van der Waals surface area contributed by atoms with Gasteiger partial charge in [0.05, 0.1) is 4.88 Å². The molecule has 0 unspecified atom stereocenters. The van der Waals surface area contributed by atoms with Crippen LogP contribution in [0.15, 0.2) is 20.9 Å². The molecular weight excluding hydrogens is 198 g/mol. The van der Waals surface area contributed by atoms with Gasteiger partial charge in [-0.25, -0.2) is 0 Å². The lowest BCUT2D eigenvalue weighted by molar-refractivity contribution is 1.47. The van der Waals surface area contributed by atoms with Crippen LogP contribution in [0, 0.1) is 0 Å². The predicted octanol–water partition coefficient (Wildman–Crippen LogP) is 2.56. The lowest BCUT2D eigenvalue weighted by Crippen LogP contribution is -1.71. The van der Waals surface area contributed by atoms with Crippen LogP contribution in [-0.2, 0) is 0 Å². The van der Waals surface area contributed by atoms with Gasteiger partial charge >= 0.3 is 0 Å². The third-order valence-electron chi connectivity index (χ3n) is 0.891. The first-order chi connectivity index (χ1) is 4.34. The van der Waals surface area contributed by atoms with Crippen LogP contribution in [0.5, 0.6) is 0 Å². The van der Waals surface area contributed by atoms with Gasteiger partial charge in [-0.3, -0.25) is 4.99 Å². The van der Waals surface area contributed by atoms with E-state index in [0.29, 0.717) is 0 Å². The lowest BCUT2D eigenvalue weighted by Gasteiger charge is -1.82. The number of hydrogen-bond acceptors (Lipinski definition) is 2. The summed E-state index contributed by atoms with van der Waals surface area (Å²) in [6, 6.07) is 2.02. The van der Waals surface area contributed by atoms with Crippen LogP contribution < -0.4 is 0 Å². The number of thiophene rings is 1. The summed E-state index contributed by atoms with van der Waals surface area (Å²) in [4.78, 5) is 5.07. The molecule has 0 saturated carbocycles. The first kappa shape index (κ1) is 6.96. The first-order valence-corrected chi connectivity index (χ1v) is 4.17. The van der Waals surface area contributed by atoms with Gasteiger partial charge in [-0.1, -0.05) is 0 Å². The Hall–Kier alpha value is -0.150. The minimum absolute atomic E-state index is 1.12. The Morgan fingerprint density at radius 1 is 1.78 bits per heavy atom. The molecule has 0 atom stereocenters. The van der Waals surface area contributed by atoms with Crippen LogP contribution in [0.1, 0.15) is 4.88 Å². The minimum Gasteiger partial charge on any atom is -0.295 e. The van der Waals surface area contributed by atoms with Gasteiger partial charge < -0.3 is 0 Å². The fourth-order valence-corrected chi connectivity index (χ4v) is 1.90. The second-order valence-corrected chi connectivity index (χ2v) is 3.32. The normalized spacial score (nSPS) is 10.9. The second kappa shape index (κ2) is 3.13. The van der Waals surface area contributed by atoms with Gasteiger partial charge in [-0.2, -0.15) is 0 Å². The maximum atomic E-state index is 3.89. The number of nitrogens with zero attached hydrogens (tertiary/aromatic N) is 1. The van der Waals surface area contributed by atoms with Crippen molar-refractivity contribution in [3.05, 3.63) is 20.8 Å². The smallest absolute Gasteiger partial charge is 0.0590 e. The van der Waals surface area contributed by atoms with E-state index in [1.54, 1.807) is 18.4 Å². The van der Waals surface area contributed by atoms with Gasteiger partial charge in [-0.15, -0.1) is 11.3 Å². The van der Waals surface area contributed by atoms with E-state index < -0.39 is 0 Å². The Kier molecular flexibility index (Phi) is 2.42. The second-order valence-electron chi connectivity index (χ2n) is 1.52. The van der Waals surface area contributed by atoms with E-state index in [1.165, 1.54) is 4.88 Å². The monoisotopic (exact) mass is 203 g/mol. The van der Waals surface area contributed by atoms with Gasteiger partial charge in [0, 0.05) is 17.7 Å². The maximum Gasteiger partial charge on any atom is 0.0590 e. The minimum atomic E-state index is 1.12. The molecule has 3 heteroatoms. The number of halogens is 1. The Balaban J connectivity index is 2.94. The van der Waals surface area contributed by atoms with Crippen LogP contribution in [0.2, 0.25) is 0 Å². The van der Waals surface area contributed by atoms with Crippen molar-refractivity contribution >= 4 is 33.5 Å². The molecule has 0 radical (unpaired) electrons. The van der Waals surface area contributed by atoms with E-state index in [1.807, 2.05) is 17.7 Å². The third kappa shape index (κ3) is 1.63. The van der Waals surface area contributed by atoms with Gasteiger partial charge in [0.2, 0.25) is 0 Å². The fourth-order valence-electron chi connectivity index (χ4n) is 0.515. The topological polar surface area (TPSA) is 12.4 Å². The number of aliphatic imine (C=N–C) groups is 1. The van der Waals surface area contributed by atoms with Crippen LogP contribution in [0.3, 0.4) is 0 Å². The standard InChI is InChI=1S/C6H6BrNS/c1-8-4-6-5(7)2-3-9-6/h2-4H,1H3/b8-4+. The quantitative estimate of drug-likeness (QED) is 0.623. The van der Waals surface area contributed by atoms with Crippen LogP contribution in [0.4, 0.5) is 0 Å². The van der Waals surface area contributed by atoms with Crippen molar-refractivity contribution in [3.63, 3.8) is 0 Å². The predicted molar refractivity (Wildman–Crippen MR) is 45.5 cm³/mol. The van der Waals surface area contributed by atoms with Crippen molar-refractivity contribution in [3.8, 4) is 0 Å². The Morgan fingerprint density at radius 3 is 3.00 bits per heavy atom. The highest BCUT2D eigenvalue weighted by Crippen LogP contribution is 2.19. The van der Waals surface area contributed by atoms with Crippen molar-refractivity contribution < 1.29 is 0 Å². The average Bonchev–Trinajstić information content (AvgIpc) is 2.18. The summed E-state index contributed by atoms with van der Waals surface area (Å²) in [7, 11) is 1.77. The molecule has 0 aromatic carbocycles. The van der Waals surface area contributed by atoms with Crippen molar-refractivity contribution in [2.75, 3.05) is 7.05 Å². The Labute approximate surface area is 66.6 Å². The van der Waals surface area contributed by atoms with E-state index in [9.17, 15) is 0 Å². The molecule has 1 aromatic rings. The van der Waals surface area contributed by atoms with E-state index in [0.717, 1.165) is 4.47 Å². The highest BCUT2D eigenvalue weighted by molar-refractivity contribution is 9.10. The number of rotatable bonds is 1. The average molecular weight is 204 g/mol. The molecule has 1 heterocycles. The molecule has 0 saturated heterocycles. The zero-order chi connectivity index (χ0) is 6.69. The van der Waals surface area contributed by atoms with Crippen LogP contribution in [-0.4, -0.2) is 13.3 Å². The molecule has 1 rings (SSSR count). The molecule has 9 heavy (non-hydrogen) atoms. The molecule has 0 amide bonds. The Morgan fingerprint density at radius 2 is 2.56 bits per heavy atom. The molecule has 1 nitrogen and oxygen atoms in total. The third-order valence-corrected chi connectivity index (χ3v) is 2.70. The van der Waals surface area contributed by atoms with Gasteiger partial charge in [0.1, 0.15) is 0 Å². The molecule has 0 spiro atoms. The van der Waals surface area contributed by atoms with E-state index in [4.69, 9.17) is 0 Å². The molecular formula is C6H6BrNS. The van der Waals surface area contributed by atoms with Crippen LogP contribution in [0.25, 0.3) is 0 Å². The largest absolute Gasteiger partial charge is 0.295 e. The molecule has 0 aliphatic carbocycles. The summed E-state index contributed by atoms with van der Waals surface area (Å²) >= 11 is 5.06. The van der Waals surface area contributed by atoms with Gasteiger partial charge in [0.15, 0.2) is 0 Å². The molecule has 0 aliphatic heterocycles. The molecule has 0 aliphatic rings. The highest BCUT2D eigenvalue weighted by atomic mass is 79.9. The van der Waals surface area contributed by atoms with Crippen molar-refractivity contribution in [1.29, 1.82) is 0 Å². The highest BCUT2D eigenvalue weighted by Gasteiger charge is 1.94. The van der Waals surface area contributed by atoms with E-state index >= 15 is 0 Å².